The van der Waals surface area contributed by atoms with E-state index in [0.717, 1.165) is 47.0 Å². The van der Waals surface area contributed by atoms with Crippen LogP contribution in [0.2, 0.25) is 0 Å². The van der Waals surface area contributed by atoms with Gasteiger partial charge in [-0.25, -0.2) is 9.67 Å². The fraction of sp³-hybridized carbons (Fsp3) is 0.462. The molecule has 6 heteroatoms. The number of nitrogens with zero attached hydrogens (tertiary/aromatic N) is 5. The van der Waals surface area contributed by atoms with E-state index in [-0.39, 0.29) is 0 Å². The normalized spacial score (nSPS) is 11.6. The summed E-state index contributed by atoms with van der Waals surface area (Å²) in [6, 6.07) is 2.03. The summed E-state index contributed by atoms with van der Waals surface area (Å²) in [5, 5.41) is 8.86. The maximum absolute atomic E-state index is 4.68. The number of hydrogen-bond acceptors (Lipinski definition) is 3. The number of hydrogen-bond donors (Lipinski definition) is 1. The van der Waals surface area contributed by atoms with Gasteiger partial charge in [-0.15, -0.1) is 0 Å². The molecule has 0 aromatic carbocycles. The molecule has 0 radical (unpaired) electrons. The molecule has 3 aromatic rings. The van der Waals surface area contributed by atoms with Gasteiger partial charge in [0.25, 0.3) is 0 Å². The van der Waals surface area contributed by atoms with E-state index in [4.69, 9.17) is 0 Å². The molecule has 0 aliphatic heterocycles. The Morgan fingerprint density at radius 1 is 1.26 bits per heavy atom. The van der Waals surface area contributed by atoms with Crippen LogP contribution >= 0.6 is 0 Å². The van der Waals surface area contributed by atoms with Gasteiger partial charge in [-0.05, 0) is 26.3 Å². The second-order valence-corrected chi connectivity index (χ2v) is 4.89. The molecule has 0 fully saturated rings. The van der Waals surface area contributed by atoms with Crippen LogP contribution in [0.25, 0.3) is 22.7 Å². The highest BCUT2D eigenvalue weighted by Crippen LogP contribution is 2.22. The molecule has 0 amide bonds. The lowest BCUT2D eigenvalue weighted by molar-refractivity contribution is 0.612. The number of aromatic nitrogens is 6. The lowest BCUT2D eigenvalue weighted by Gasteiger charge is -1.98. The van der Waals surface area contributed by atoms with E-state index in [0.29, 0.717) is 0 Å². The van der Waals surface area contributed by atoms with Crippen LogP contribution in [0.5, 0.6) is 0 Å². The minimum absolute atomic E-state index is 0.850. The molecule has 0 bridgehead atoms. The van der Waals surface area contributed by atoms with E-state index in [2.05, 4.69) is 27.1 Å². The van der Waals surface area contributed by atoms with E-state index >= 15 is 0 Å². The average molecular weight is 258 g/mol. The first kappa shape index (κ1) is 12.0. The number of H-pyrrole nitrogens is 1. The van der Waals surface area contributed by atoms with Gasteiger partial charge >= 0.3 is 0 Å². The Bertz CT molecular complexity index is 730. The molecule has 100 valence electrons. The van der Waals surface area contributed by atoms with Crippen molar-refractivity contribution in [2.24, 2.45) is 7.05 Å². The third-order valence-electron chi connectivity index (χ3n) is 3.24. The number of aromatic amines is 1. The number of rotatable bonds is 3. The topological polar surface area (TPSA) is 64.3 Å². The Balaban J connectivity index is 2.16. The Morgan fingerprint density at radius 2 is 2.05 bits per heavy atom. The zero-order valence-electron chi connectivity index (χ0n) is 11.7. The smallest absolute Gasteiger partial charge is 0.177 e. The molecule has 3 aromatic heterocycles. The quantitative estimate of drug-likeness (QED) is 0.783. The van der Waals surface area contributed by atoms with Gasteiger partial charge in [0.1, 0.15) is 11.2 Å². The van der Waals surface area contributed by atoms with E-state index < -0.39 is 0 Å². The summed E-state index contributed by atoms with van der Waals surface area (Å²) in [5.41, 5.74) is 4.91. The highest BCUT2D eigenvalue weighted by molar-refractivity contribution is 5.78. The molecule has 3 rings (SSSR count). The maximum Gasteiger partial charge on any atom is 0.177 e. The molecular formula is C13H18N6. The second kappa shape index (κ2) is 4.22. The monoisotopic (exact) mass is 258 g/mol. The van der Waals surface area contributed by atoms with Crippen LogP contribution in [-0.2, 0) is 13.6 Å². The van der Waals surface area contributed by atoms with Crippen molar-refractivity contribution in [2.45, 2.75) is 33.7 Å². The molecule has 0 aliphatic carbocycles. The predicted molar refractivity (Wildman–Crippen MR) is 73.8 cm³/mol. The first-order valence-electron chi connectivity index (χ1n) is 6.54. The first-order valence-corrected chi connectivity index (χ1v) is 6.54. The summed E-state index contributed by atoms with van der Waals surface area (Å²) in [6.45, 7) is 7.01. The molecule has 0 aliphatic rings. The lowest BCUT2D eigenvalue weighted by Crippen LogP contribution is -2.00. The highest BCUT2D eigenvalue weighted by Gasteiger charge is 2.15. The number of fused-ring (bicyclic) bond motifs is 1. The zero-order valence-corrected chi connectivity index (χ0v) is 11.7. The minimum atomic E-state index is 0.850. The molecule has 0 spiro atoms. The fourth-order valence-electron chi connectivity index (χ4n) is 2.40. The molecule has 0 saturated carbocycles. The molecule has 6 nitrogen and oxygen atoms in total. The average Bonchev–Trinajstić information content (AvgIpc) is 2.98. The molecule has 0 unspecified atom stereocenters. The van der Waals surface area contributed by atoms with Crippen molar-refractivity contribution in [1.29, 1.82) is 0 Å². The van der Waals surface area contributed by atoms with Gasteiger partial charge < -0.3 is 4.98 Å². The van der Waals surface area contributed by atoms with Gasteiger partial charge in [-0.2, -0.15) is 10.2 Å². The Morgan fingerprint density at radius 3 is 2.68 bits per heavy atom. The highest BCUT2D eigenvalue weighted by atomic mass is 15.3. The fourth-order valence-corrected chi connectivity index (χ4v) is 2.40. The standard InChI is InChI=1S/C13H18N6/c1-5-6-19-13-11(9(3)17-19)14-12(15-13)10-7-8(2)16-18(10)4/h7H,5-6H2,1-4H3,(H,14,15). The van der Waals surface area contributed by atoms with Crippen molar-refractivity contribution in [2.75, 3.05) is 0 Å². The summed E-state index contributed by atoms with van der Waals surface area (Å²) in [7, 11) is 1.93. The number of imidazole rings is 1. The Kier molecular flexibility index (Phi) is 2.66. The number of aryl methyl sites for hydroxylation is 4. The van der Waals surface area contributed by atoms with E-state index in [1.807, 2.05) is 36.3 Å². The third-order valence-corrected chi connectivity index (χ3v) is 3.24. The van der Waals surface area contributed by atoms with E-state index in [1.54, 1.807) is 0 Å². The van der Waals surface area contributed by atoms with Crippen LogP contribution in [0.1, 0.15) is 24.7 Å². The van der Waals surface area contributed by atoms with E-state index in [9.17, 15) is 0 Å². The van der Waals surface area contributed by atoms with Crippen molar-refractivity contribution < 1.29 is 0 Å². The summed E-state index contributed by atoms with van der Waals surface area (Å²) < 4.78 is 3.81. The van der Waals surface area contributed by atoms with E-state index in [1.165, 1.54) is 0 Å². The molecule has 3 heterocycles. The zero-order chi connectivity index (χ0) is 13.6. The molecular weight excluding hydrogens is 240 g/mol. The second-order valence-electron chi connectivity index (χ2n) is 4.89. The van der Waals surface area contributed by atoms with Crippen LogP contribution in [0.4, 0.5) is 0 Å². The Hall–Kier alpha value is -2.11. The van der Waals surface area contributed by atoms with Crippen LogP contribution in [0.3, 0.4) is 0 Å². The van der Waals surface area contributed by atoms with Crippen molar-refractivity contribution in [3.8, 4) is 11.5 Å². The van der Waals surface area contributed by atoms with Crippen molar-refractivity contribution in [1.82, 2.24) is 29.5 Å². The van der Waals surface area contributed by atoms with Crippen molar-refractivity contribution >= 4 is 11.2 Å². The van der Waals surface area contributed by atoms with Crippen LogP contribution < -0.4 is 0 Å². The van der Waals surface area contributed by atoms with Gasteiger partial charge in [-0.1, -0.05) is 6.92 Å². The molecule has 1 N–H and O–H groups in total. The van der Waals surface area contributed by atoms with Gasteiger partial charge in [0.2, 0.25) is 0 Å². The maximum atomic E-state index is 4.68. The Labute approximate surface area is 111 Å². The number of nitrogens with one attached hydrogen (secondary N) is 1. The predicted octanol–water partition coefficient (Wildman–Crippen LogP) is 2.19. The summed E-state index contributed by atoms with van der Waals surface area (Å²) >= 11 is 0. The lowest BCUT2D eigenvalue weighted by atomic mass is 10.3. The molecule has 19 heavy (non-hydrogen) atoms. The minimum Gasteiger partial charge on any atom is -0.334 e. The van der Waals surface area contributed by atoms with Gasteiger partial charge in [0.05, 0.1) is 11.4 Å². The van der Waals surface area contributed by atoms with Crippen molar-refractivity contribution in [3.05, 3.63) is 17.5 Å². The third kappa shape index (κ3) is 1.83. The van der Waals surface area contributed by atoms with Crippen LogP contribution in [0.15, 0.2) is 6.07 Å². The molecule has 0 saturated heterocycles. The van der Waals surface area contributed by atoms with Crippen LogP contribution in [0, 0.1) is 13.8 Å². The van der Waals surface area contributed by atoms with Gasteiger partial charge in [0, 0.05) is 13.6 Å². The molecule has 0 atom stereocenters. The van der Waals surface area contributed by atoms with Crippen molar-refractivity contribution in [3.63, 3.8) is 0 Å². The SMILES string of the molecule is CCCn1nc(C)c2[nH]c(-c3cc(C)nn3C)nc21. The van der Waals surface area contributed by atoms with Crippen LogP contribution in [-0.4, -0.2) is 29.5 Å². The largest absolute Gasteiger partial charge is 0.334 e. The van der Waals surface area contributed by atoms with Gasteiger partial charge in [-0.3, -0.25) is 4.68 Å². The summed E-state index contributed by atoms with van der Waals surface area (Å²) in [6.07, 6.45) is 1.04. The summed E-state index contributed by atoms with van der Waals surface area (Å²) in [4.78, 5) is 8.04. The van der Waals surface area contributed by atoms with Gasteiger partial charge in [0.15, 0.2) is 11.5 Å². The first-order chi connectivity index (χ1) is 9.10. The summed E-state index contributed by atoms with van der Waals surface area (Å²) in [5.74, 6) is 0.850.